The van der Waals surface area contributed by atoms with E-state index in [1.807, 2.05) is 13.8 Å². The molecular formula is C20H34BaO4. The van der Waals surface area contributed by atoms with Gasteiger partial charge in [0.25, 0.3) is 0 Å². The van der Waals surface area contributed by atoms with Gasteiger partial charge in [0.1, 0.15) is 0 Å². The summed E-state index contributed by atoms with van der Waals surface area (Å²) in [6.45, 7) is 3.88. The Hall–Kier alpha value is 0.511. The van der Waals surface area contributed by atoms with Crippen molar-refractivity contribution in [2.75, 3.05) is 0 Å². The maximum atomic E-state index is 10.7. The molecule has 25 heavy (non-hydrogen) atoms. The number of hydrogen-bond donors (Lipinski definition) is 0. The van der Waals surface area contributed by atoms with Crippen LogP contribution in [0.1, 0.15) is 90.9 Å². The molecule has 2 atom stereocenters. The molecule has 140 valence electrons. The summed E-state index contributed by atoms with van der Waals surface area (Å²) in [4.78, 5) is 21.4. The Morgan fingerprint density at radius 1 is 0.720 bits per heavy atom. The average Bonchev–Trinajstić information content (AvgIpc) is 2.58. The van der Waals surface area contributed by atoms with Crippen LogP contribution in [0.4, 0.5) is 0 Å². The smallest absolute Gasteiger partial charge is 0.550 e. The Balaban J connectivity index is 0.000000443. The largest absolute Gasteiger partial charge is 2.00 e. The van der Waals surface area contributed by atoms with Crippen LogP contribution in [0.25, 0.3) is 0 Å². The summed E-state index contributed by atoms with van der Waals surface area (Å²) in [7, 11) is 0. The molecule has 0 amide bonds. The van der Waals surface area contributed by atoms with Gasteiger partial charge in [0.05, 0.1) is 0 Å². The van der Waals surface area contributed by atoms with E-state index in [0.29, 0.717) is 11.8 Å². The van der Waals surface area contributed by atoms with Crippen molar-refractivity contribution in [1.29, 1.82) is 0 Å². The minimum absolute atomic E-state index is 0. The summed E-state index contributed by atoms with van der Waals surface area (Å²) in [5.74, 6) is -1.27. The van der Waals surface area contributed by atoms with Crippen LogP contribution >= 0.6 is 0 Å². The van der Waals surface area contributed by atoms with Crippen LogP contribution in [0.15, 0.2) is 0 Å². The van der Waals surface area contributed by atoms with Crippen LogP contribution < -0.4 is 10.2 Å². The van der Waals surface area contributed by atoms with Gasteiger partial charge in [-0.25, -0.2) is 0 Å². The van der Waals surface area contributed by atoms with Crippen LogP contribution in [0.2, 0.25) is 0 Å². The van der Waals surface area contributed by atoms with Crippen LogP contribution in [0, 0.1) is 23.7 Å². The molecule has 0 aromatic carbocycles. The Bertz CT molecular complexity index is 338. The van der Waals surface area contributed by atoms with Gasteiger partial charge in [-0.15, -0.1) is 0 Å². The van der Waals surface area contributed by atoms with E-state index in [9.17, 15) is 19.8 Å². The monoisotopic (exact) mass is 476 g/mol. The van der Waals surface area contributed by atoms with Crippen molar-refractivity contribution in [3.63, 3.8) is 0 Å². The molecule has 0 N–H and O–H groups in total. The van der Waals surface area contributed by atoms with Crippen molar-refractivity contribution in [1.82, 2.24) is 0 Å². The van der Waals surface area contributed by atoms with Crippen molar-refractivity contribution in [3.8, 4) is 0 Å². The minimum Gasteiger partial charge on any atom is -0.550 e. The van der Waals surface area contributed by atoms with Crippen LogP contribution in [0.3, 0.4) is 0 Å². The molecular weight excluding hydrogens is 442 g/mol. The summed E-state index contributed by atoms with van der Waals surface area (Å²) < 4.78 is 0. The van der Waals surface area contributed by atoms with E-state index in [1.165, 1.54) is 38.5 Å². The average molecular weight is 476 g/mol. The van der Waals surface area contributed by atoms with Gasteiger partial charge < -0.3 is 19.8 Å². The van der Waals surface area contributed by atoms with Gasteiger partial charge in [-0.3, -0.25) is 0 Å². The molecule has 5 heteroatoms. The minimum atomic E-state index is -0.843. The molecule has 0 aromatic heterocycles. The van der Waals surface area contributed by atoms with Crippen molar-refractivity contribution < 1.29 is 19.8 Å². The van der Waals surface area contributed by atoms with Crippen molar-refractivity contribution in [2.45, 2.75) is 90.9 Å². The molecule has 0 aliphatic heterocycles. The molecule has 0 heterocycles. The normalized spacial score (nSPS) is 21.2. The molecule has 0 aromatic rings. The topological polar surface area (TPSA) is 80.3 Å². The molecule has 4 nitrogen and oxygen atoms in total. The number of carbonyl (C=O) groups excluding carboxylic acids is 2. The van der Waals surface area contributed by atoms with E-state index in [1.54, 1.807) is 0 Å². The summed E-state index contributed by atoms with van der Waals surface area (Å²) >= 11 is 0. The van der Waals surface area contributed by atoms with Gasteiger partial charge >= 0.3 is 48.9 Å². The third-order valence-corrected chi connectivity index (χ3v) is 5.92. The van der Waals surface area contributed by atoms with Gasteiger partial charge in [-0.2, -0.15) is 0 Å². The van der Waals surface area contributed by atoms with Gasteiger partial charge in [-0.05, 0) is 50.4 Å². The Morgan fingerprint density at radius 2 is 1.00 bits per heavy atom. The zero-order valence-electron chi connectivity index (χ0n) is 16.1. The fourth-order valence-electron chi connectivity index (χ4n) is 4.46. The molecule has 0 saturated heterocycles. The van der Waals surface area contributed by atoms with Gasteiger partial charge in [0.15, 0.2) is 0 Å². The second kappa shape index (κ2) is 14.6. The first-order chi connectivity index (χ1) is 11.5. The van der Waals surface area contributed by atoms with Crippen LogP contribution in [-0.2, 0) is 9.59 Å². The number of aliphatic carboxylic acids is 2. The van der Waals surface area contributed by atoms with E-state index >= 15 is 0 Å². The van der Waals surface area contributed by atoms with Gasteiger partial charge in [0.2, 0.25) is 0 Å². The predicted octanol–water partition coefficient (Wildman–Crippen LogP) is 2.30. The zero-order chi connectivity index (χ0) is 17.9. The summed E-state index contributed by atoms with van der Waals surface area (Å²) in [5.41, 5.74) is 0. The molecule has 0 bridgehead atoms. The maximum absolute atomic E-state index is 10.7. The second-order valence-corrected chi connectivity index (χ2v) is 7.46. The van der Waals surface area contributed by atoms with E-state index in [4.69, 9.17) is 0 Å². The number of carbonyl (C=O) groups is 2. The quantitative estimate of drug-likeness (QED) is 0.552. The molecule has 0 spiro atoms. The number of hydrogen-bond acceptors (Lipinski definition) is 4. The number of carboxylic acids is 2. The molecule has 2 aliphatic rings. The van der Waals surface area contributed by atoms with E-state index in [2.05, 4.69) is 0 Å². The van der Waals surface area contributed by atoms with Gasteiger partial charge in [-0.1, -0.05) is 52.4 Å². The molecule has 2 aliphatic carbocycles. The third kappa shape index (κ3) is 9.32. The summed E-state index contributed by atoms with van der Waals surface area (Å²) in [5, 5.41) is 21.4. The Kier molecular flexibility index (Phi) is 14.9. The fourth-order valence-corrected chi connectivity index (χ4v) is 4.46. The Morgan fingerprint density at radius 3 is 1.20 bits per heavy atom. The van der Waals surface area contributed by atoms with E-state index in [0.717, 1.165) is 38.5 Å². The van der Waals surface area contributed by atoms with Gasteiger partial charge in [0, 0.05) is 23.8 Å². The molecule has 0 radical (unpaired) electrons. The molecule has 2 rings (SSSR count). The standard InChI is InChI=1S/2C10H18O2.Ba/c2*1-2-9(10(11)12)8-6-4-3-5-7-8;/h2*8-9H,2-7H2,1H3,(H,11,12);/q;;+2/p-2. The first-order valence-electron chi connectivity index (χ1n) is 9.92. The molecule has 2 saturated carbocycles. The third-order valence-electron chi connectivity index (χ3n) is 5.92. The van der Waals surface area contributed by atoms with Crippen LogP contribution in [0.5, 0.6) is 0 Å². The predicted molar refractivity (Wildman–Crippen MR) is 96.5 cm³/mol. The molecule has 2 unspecified atom stereocenters. The summed E-state index contributed by atoms with van der Waals surface area (Å²) in [6, 6.07) is 0. The first-order valence-corrected chi connectivity index (χ1v) is 9.92. The zero-order valence-corrected chi connectivity index (χ0v) is 20.6. The van der Waals surface area contributed by atoms with Crippen LogP contribution in [-0.4, -0.2) is 60.8 Å². The first kappa shape index (κ1) is 25.5. The van der Waals surface area contributed by atoms with Crippen molar-refractivity contribution in [2.24, 2.45) is 23.7 Å². The summed E-state index contributed by atoms with van der Waals surface area (Å²) in [6.07, 6.45) is 13.2. The number of carboxylic acid groups (broad SMARTS) is 2. The van der Waals surface area contributed by atoms with Crippen molar-refractivity contribution >= 4 is 60.8 Å². The Labute approximate surface area is 193 Å². The molecule has 2 fully saturated rings. The second-order valence-electron chi connectivity index (χ2n) is 7.46. The maximum Gasteiger partial charge on any atom is 2.00 e. The van der Waals surface area contributed by atoms with E-state index in [-0.39, 0.29) is 60.7 Å². The fraction of sp³-hybridized carbons (Fsp3) is 0.900. The van der Waals surface area contributed by atoms with E-state index < -0.39 is 11.9 Å². The number of rotatable bonds is 6. The van der Waals surface area contributed by atoms with Crippen molar-refractivity contribution in [3.05, 3.63) is 0 Å². The SMILES string of the molecule is CCC(C(=O)[O-])C1CCCCC1.CCC(C(=O)[O-])C1CCCCC1.[Ba+2].